The van der Waals surface area contributed by atoms with E-state index < -0.39 is 16.4 Å². The molecule has 0 N–H and O–H groups in total. The molecule has 4 heterocycles. The van der Waals surface area contributed by atoms with E-state index >= 15 is 0 Å². The van der Waals surface area contributed by atoms with Crippen LogP contribution in [0.5, 0.6) is 6.01 Å². The molecule has 0 spiro atoms. The molecule has 2 saturated heterocycles. The van der Waals surface area contributed by atoms with Gasteiger partial charge in [0.25, 0.3) is 0 Å². The number of pyridine rings is 1. The van der Waals surface area contributed by atoms with Crippen molar-refractivity contribution in [3.63, 3.8) is 0 Å². The topological polar surface area (TPSA) is 76.9 Å². The molecule has 0 amide bonds. The van der Waals surface area contributed by atoms with E-state index in [1.54, 1.807) is 0 Å². The highest BCUT2D eigenvalue weighted by atomic mass is 127. The van der Waals surface area contributed by atoms with Gasteiger partial charge in [-0.3, -0.25) is 4.57 Å². The largest absolute Gasteiger partial charge is 0.456 e. The Kier molecular flexibility index (Phi) is 8.54. The van der Waals surface area contributed by atoms with Gasteiger partial charge < -0.3 is 23.4 Å². The Balaban J connectivity index is 1.51. The average molecular weight is 668 g/mol. The zero-order valence-electron chi connectivity index (χ0n) is 22.6. The summed E-state index contributed by atoms with van der Waals surface area (Å²) in [6.45, 7) is 20.2. The van der Waals surface area contributed by atoms with Crippen LogP contribution in [-0.2, 0) is 25.4 Å². The lowest BCUT2D eigenvalue weighted by Gasteiger charge is -2.39. The van der Waals surface area contributed by atoms with E-state index in [4.69, 9.17) is 35.0 Å². The Bertz CT molecular complexity index is 1090. The number of aromatic nitrogens is 3. The Morgan fingerprint density at radius 3 is 2.36 bits per heavy atom. The predicted molar refractivity (Wildman–Crippen MR) is 155 cm³/mol. The summed E-state index contributed by atoms with van der Waals surface area (Å²) in [5, 5.41) is 0.693. The molecule has 12 heteroatoms. The minimum absolute atomic E-state index is 0.0877. The molecule has 0 saturated carbocycles. The molecular weight excluding hydrogens is 629 g/mol. The van der Waals surface area contributed by atoms with Crippen LogP contribution in [0.2, 0.25) is 48.8 Å². The number of imidazole rings is 1. The van der Waals surface area contributed by atoms with Gasteiger partial charge >= 0.3 is 6.01 Å². The van der Waals surface area contributed by atoms with Crippen molar-refractivity contribution in [2.24, 2.45) is 0 Å². The average Bonchev–Trinajstić information content (AvgIpc) is 3.40. The zero-order chi connectivity index (χ0) is 26.5. The van der Waals surface area contributed by atoms with Crippen molar-refractivity contribution >= 4 is 61.7 Å². The van der Waals surface area contributed by atoms with Gasteiger partial charge in [0.15, 0.2) is 20.1 Å². The second-order valence-electron chi connectivity index (χ2n) is 12.4. The Labute approximate surface area is 235 Å². The molecule has 0 radical (unpaired) electrons. The maximum Gasteiger partial charge on any atom is 0.301 e. The van der Waals surface area contributed by atoms with Crippen LogP contribution in [0.15, 0.2) is 6.07 Å². The van der Waals surface area contributed by atoms with Crippen LogP contribution in [-0.4, -0.2) is 75.2 Å². The summed E-state index contributed by atoms with van der Waals surface area (Å²) < 4.78 is 34.1. The van der Waals surface area contributed by atoms with Gasteiger partial charge in [-0.1, -0.05) is 52.0 Å². The molecule has 2 aliphatic rings. The van der Waals surface area contributed by atoms with E-state index in [1.165, 1.54) is 0 Å². The lowest BCUT2D eigenvalue weighted by Crippen LogP contribution is -2.47. The van der Waals surface area contributed by atoms with Gasteiger partial charge in [-0.2, -0.15) is 4.98 Å². The van der Waals surface area contributed by atoms with Crippen LogP contribution in [0, 0.1) is 3.70 Å². The first-order chi connectivity index (χ1) is 16.7. The highest BCUT2D eigenvalue weighted by Gasteiger charge is 2.52. The Morgan fingerprint density at radius 1 is 1.08 bits per heavy atom. The van der Waals surface area contributed by atoms with Crippen molar-refractivity contribution in [1.29, 1.82) is 0 Å². The van der Waals surface area contributed by atoms with Crippen LogP contribution >= 0.6 is 34.2 Å². The first kappa shape index (κ1) is 28.7. The smallest absolute Gasteiger partial charge is 0.301 e. The van der Waals surface area contributed by atoms with E-state index in [1.807, 2.05) is 10.6 Å². The van der Waals surface area contributed by atoms with Gasteiger partial charge in [0.2, 0.25) is 0 Å². The highest BCUT2D eigenvalue weighted by Crippen LogP contribution is 2.40. The number of halogens is 2. The summed E-state index contributed by atoms with van der Waals surface area (Å²) in [7, 11) is -3.15. The van der Waals surface area contributed by atoms with Gasteiger partial charge in [-0.25, -0.2) is 4.98 Å². The number of fused-ring (bicyclic) bond motifs is 2. The van der Waals surface area contributed by atoms with Crippen molar-refractivity contribution in [3.8, 4) is 6.01 Å². The van der Waals surface area contributed by atoms with Gasteiger partial charge in [0.05, 0.1) is 29.9 Å². The summed E-state index contributed by atoms with van der Waals surface area (Å²) >= 11 is 8.51. The molecule has 8 nitrogen and oxygen atoms in total. The molecule has 2 fully saturated rings. The monoisotopic (exact) mass is 667 g/mol. The SMILES string of the molecule is CC(C)(C)[Si](C)(C)OC1CO[C@H]2C1OC[C@H]2Oc1nc2nc(I)c(Cl)cc2n1COCC[Si](C)(C)C. The molecule has 2 aliphatic heterocycles. The maximum absolute atomic E-state index is 6.64. The third-order valence-electron chi connectivity index (χ3n) is 7.31. The van der Waals surface area contributed by atoms with E-state index in [9.17, 15) is 0 Å². The number of rotatable bonds is 9. The fourth-order valence-electron chi connectivity index (χ4n) is 4.05. The summed E-state index contributed by atoms with van der Waals surface area (Å²) in [5.41, 5.74) is 1.36. The quantitative estimate of drug-likeness (QED) is 0.142. The second kappa shape index (κ2) is 10.7. The molecule has 4 rings (SSSR count). The fraction of sp³-hybridized carbons (Fsp3) is 0.750. The van der Waals surface area contributed by atoms with Crippen LogP contribution < -0.4 is 4.74 Å². The van der Waals surface area contributed by atoms with Crippen molar-refractivity contribution in [3.05, 3.63) is 14.8 Å². The molecule has 2 aromatic rings. The van der Waals surface area contributed by atoms with Gasteiger partial charge in [-0.05, 0) is 52.8 Å². The Morgan fingerprint density at radius 2 is 1.72 bits per heavy atom. The summed E-state index contributed by atoms with van der Waals surface area (Å²) in [6.07, 6.45) is -0.744. The lowest BCUT2D eigenvalue weighted by atomic mass is 10.1. The van der Waals surface area contributed by atoms with Crippen LogP contribution in [0.4, 0.5) is 0 Å². The summed E-state index contributed by atoms with van der Waals surface area (Å²) in [4.78, 5) is 9.25. The molecule has 2 unspecified atom stereocenters. The number of ether oxygens (including phenoxy) is 4. The van der Waals surface area contributed by atoms with Gasteiger partial charge in [-0.15, -0.1) is 0 Å². The summed E-state index contributed by atoms with van der Waals surface area (Å²) in [6, 6.07) is 3.39. The minimum Gasteiger partial charge on any atom is -0.456 e. The molecular formula is C24H39ClIN3O5Si2. The summed E-state index contributed by atoms with van der Waals surface area (Å²) in [5.74, 6) is 0. The van der Waals surface area contributed by atoms with E-state index in [0.29, 0.717) is 46.9 Å². The minimum atomic E-state index is -1.95. The van der Waals surface area contributed by atoms with Gasteiger partial charge in [0.1, 0.15) is 22.6 Å². The highest BCUT2D eigenvalue weighted by molar-refractivity contribution is 14.1. The van der Waals surface area contributed by atoms with Crippen molar-refractivity contribution < 1.29 is 23.4 Å². The molecule has 36 heavy (non-hydrogen) atoms. The third kappa shape index (κ3) is 6.29. The first-order valence-corrected chi connectivity index (χ1v) is 20.6. The van der Waals surface area contributed by atoms with Crippen molar-refractivity contribution in [2.75, 3.05) is 19.8 Å². The van der Waals surface area contributed by atoms with Crippen LogP contribution in [0.3, 0.4) is 0 Å². The normalized spacial score (nSPS) is 25.1. The van der Waals surface area contributed by atoms with Crippen LogP contribution in [0.1, 0.15) is 20.8 Å². The third-order valence-corrected chi connectivity index (χ3v) is 14.9. The molecule has 0 aliphatic carbocycles. The maximum atomic E-state index is 6.64. The standard InChI is InChI=1S/C24H39ClIN3O5Si2/c1-24(2,3)36(7,8)34-18-13-32-19-17(12-31-20(18)19)33-23-28-22-16(11-15(25)21(26)27-22)29(23)14-30-9-10-35(4,5)6/h11,17-20H,9-10,12-14H2,1-8H3/t17-,18?,19-,20?/m1/s1. The lowest BCUT2D eigenvalue weighted by molar-refractivity contribution is 0.00691. The van der Waals surface area contributed by atoms with Crippen LogP contribution in [0.25, 0.3) is 11.2 Å². The van der Waals surface area contributed by atoms with E-state index in [-0.39, 0.29) is 29.5 Å². The number of nitrogens with zero attached hydrogens (tertiary/aromatic N) is 3. The zero-order valence-corrected chi connectivity index (χ0v) is 27.5. The number of hydrogen-bond donors (Lipinski definition) is 0. The predicted octanol–water partition coefficient (Wildman–Crippen LogP) is 5.94. The molecule has 0 aromatic carbocycles. The van der Waals surface area contributed by atoms with E-state index in [0.717, 1.165) is 11.6 Å². The molecule has 0 bridgehead atoms. The number of hydrogen-bond acceptors (Lipinski definition) is 7. The molecule has 202 valence electrons. The molecule has 4 atom stereocenters. The fourth-order valence-corrected chi connectivity index (χ4v) is 6.65. The molecule has 2 aromatic heterocycles. The Hall–Kier alpha value is -0.286. The second-order valence-corrected chi connectivity index (χ2v) is 24.2. The van der Waals surface area contributed by atoms with Gasteiger partial charge in [0, 0.05) is 14.7 Å². The van der Waals surface area contributed by atoms with Crippen molar-refractivity contribution in [1.82, 2.24) is 14.5 Å². The van der Waals surface area contributed by atoms with Crippen molar-refractivity contribution in [2.45, 2.75) is 95.7 Å². The first-order valence-electron chi connectivity index (χ1n) is 12.5. The van der Waals surface area contributed by atoms with E-state index in [2.05, 4.69) is 86.1 Å².